The average Bonchev–Trinajstić information content (AvgIpc) is 3.26. The number of amides is 2. The molecule has 1 saturated heterocycles. The number of alkyl halides is 3. The van der Waals surface area contributed by atoms with E-state index in [1.165, 1.54) is 16.3 Å². The van der Waals surface area contributed by atoms with Gasteiger partial charge in [-0.1, -0.05) is 42.1 Å². The maximum atomic E-state index is 12.7. The van der Waals surface area contributed by atoms with Crippen molar-refractivity contribution in [3.8, 4) is 0 Å². The quantitative estimate of drug-likeness (QED) is 0.351. The van der Waals surface area contributed by atoms with Gasteiger partial charge in [0, 0.05) is 30.2 Å². The Labute approximate surface area is 244 Å². The van der Waals surface area contributed by atoms with Crippen LogP contribution in [0.1, 0.15) is 31.2 Å². The van der Waals surface area contributed by atoms with E-state index in [-0.39, 0.29) is 21.6 Å². The average molecular weight is 600 g/mol. The van der Waals surface area contributed by atoms with Gasteiger partial charge in [0.15, 0.2) is 0 Å². The van der Waals surface area contributed by atoms with Crippen LogP contribution in [0.2, 0.25) is 0 Å². The lowest BCUT2D eigenvalue weighted by atomic mass is 9.89. The minimum Gasteiger partial charge on any atom is -0.355 e. The van der Waals surface area contributed by atoms with E-state index in [2.05, 4.69) is 45.5 Å². The highest BCUT2D eigenvalue weighted by atomic mass is 32.1. The van der Waals surface area contributed by atoms with Gasteiger partial charge in [0.2, 0.25) is 11.8 Å². The van der Waals surface area contributed by atoms with Gasteiger partial charge in [-0.2, -0.15) is 13.2 Å². The predicted octanol–water partition coefficient (Wildman–Crippen LogP) is 3.21. The Morgan fingerprint density at radius 2 is 1.79 bits per heavy atom. The van der Waals surface area contributed by atoms with Gasteiger partial charge < -0.3 is 16.0 Å². The number of carbonyl (C=O) groups is 2. The van der Waals surface area contributed by atoms with Gasteiger partial charge in [0.05, 0.1) is 6.54 Å². The van der Waals surface area contributed by atoms with Crippen molar-refractivity contribution in [2.45, 2.75) is 38.4 Å². The zero-order valence-corrected chi connectivity index (χ0v) is 23.9. The fraction of sp³-hybridized carbons (Fsp3) is 0.333. The molecule has 1 aliphatic rings. The minimum atomic E-state index is -4.53. The first kappa shape index (κ1) is 30.8. The highest BCUT2D eigenvalue weighted by molar-refractivity contribution is 7.07. The van der Waals surface area contributed by atoms with Crippen LogP contribution in [0.15, 0.2) is 65.6 Å². The van der Waals surface area contributed by atoms with Crippen LogP contribution in [0, 0.1) is 0 Å². The second-order valence-electron chi connectivity index (χ2n) is 9.82. The molecule has 1 fully saturated rings. The molecule has 222 valence electrons. The molecule has 0 aliphatic carbocycles. The summed E-state index contributed by atoms with van der Waals surface area (Å²) in [6.07, 6.45) is -0.108. The molecule has 0 atom stereocenters. The summed E-state index contributed by atoms with van der Waals surface area (Å²) < 4.78 is 38.8. The highest BCUT2D eigenvalue weighted by Crippen LogP contribution is 2.27. The van der Waals surface area contributed by atoms with Gasteiger partial charge in [-0.05, 0) is 62.5 Å². The number of nitrogens with zero attached hydrogens (tertiary/aromatic N) is 2. The third-order valence-electron chi connectivity index (χ3n) is 6.76. The molecule has 0 radical (unpaired) electrons. The highest BCUT2D eigenvalue weighted by Gasteiger charge is 2.27. The van der Waals surface area contributed by atoms with Crippen LogP contribution in [-0.4, -0.2) is 53.6 Å². The van der Waals surface area contributed by atoms with E-state index in [1.807, 2.05) is 6.07 Å². The van der Waals surface area contributed by atoms with Crippen molar-refractivity contribution in [2.75, 3.05) is 36.8 Å². The predicted molar refractivity (Wildman–Crippen MR) is 159 cm³/mol. The minimum absolute atomic E-state index is 0.103. The Hall–Kier alpha value is -4.12. The molecule has 0 bridgehead atoms. The Kier molecular flexibility index (Phi) is 10.4. The second kappa shape index (κ2) is 14.2. The van der Waals surface area contributed by atoms with Crippen molar-refractivity contribution >= 4 is 46.3 Å². The van der Waals surface area contributed by atoms with Crippen LogP contribution >= 0.6 is 11.3 Å². The van der Waals surface area contributed by atoms with Gasteiger partial charge >= 0.3 is 6.18 Å². The Morgan fingerprint density at radius 3 is 2.48 bits per heavy atom. The number of likely N-dealkylation sites (tertiary alicyclic amines) is 1. The van der Waals surface area contributed by atoms with Gasteiger partial charge in [-0.3, -0.25) is 23.9 Å². The van der Waals surface area contributed by atoms with Gasteiger partial charge in [0.1, 0.15) is 15.7 Å². The fourth-order valence-electron chi connectivity index (χ4n) is 4.70. The fourth-order valence-corrected chi connectivity index (χ4v) is 5.71. The number of benzene rings is 2. The molecule has 0 saturated carbocycles. The number of rotatable bonds is 9. The summed E-state index contributed by atoms with van der Waals surface area (Å²) in [5, 5.41) is 7.70. The molecule has 0 spiro atoms. The van der Waals surface area contributed by atoms with E-state index in [0.29, 0.717) is 23.8 Å². The lowest BCUT2D eigenvalue weighted by molar-refractivity contribution is -0.135. The molecule has 2 heterocycles. The van der Waals surface area contributed by atoms with Crippen LogP contribution in [0.3, 0.4) is 0 Å². The number of halogens is 3. The van der Waals surface area contributed by atoms with Crippen LogP contribution in [0.4, 0.5) is 24.5 Å². The largest absolute Gasteiger partial charge is 0.405 e. The maximum Gasteiger partial charge on any atom is 0.405 e. The molecular formula is C30H32F3N5O3S. The maximum absolute atomic E-state index is 12.7. The molecule has 1 aromatic heterocycles. The van der Waals surface area contributed by atoms with Crippen molar-refractivity contribution in [3.63, 3.8) is 0 Å². The summed E-state index contributed by atoms with van der Waals surface area (Å²) in [6, 6.07) is 17.5. The number of hydrogen-bond acceptors (Lipinski definition) is 6. The number of aromatic nitrogens is 1. The van der Waals surface area contributed by atoms with Gasteiger partial charge in [-0.25, -0.2) is 0 Å². The van der Waals surface area contributed by atoms with Crippen molar-refractivity contribution in [1.82, 2.24) is 14.8 Å². The number of hydrogen-bond donors (Lipinski definition) is 3. The summed E-state index contributed by atoms with van der Waals surface area (Å²) >= 11 is 0.943. The standard InChI is InChI=1S/C30H32F3N5O3S/c1-2-38-28(18-26(39)35-20-30(31,32)33)42-25(29(38)41)11-14-34-23-9-6-10-24(17-23)36-27(40)19-37-15-12-22(13-16-37)21-7-4-3-5-8-21/h3-10,14,17-18,22,34H,2,12-13,15-16,19-20H2,1H3,(H,35,39)(H,36,40)/b28-18-. The number of piperidine rings is 1. The molecule has 1 aliphatic heterocycles. The summed E-state index contributed by atoms with van der Waals surface area (Å²) in [6.45, 7) is 2.49. The lowest BCUT2D eigenvalue weighted by Gasteiger charge is -2.31. The number of carbonyl (C=O) groups excluding carboxylic acids is 2. The van der Waals surface area contributed by atoms with Gasteiger partial charge in [-0.15, -0.1) is 11.3 Å². The van der Waals surface area contributed by atoms with E-state index in [9.17, 15) is 27.6 Å². The normalized spacial score (nSPS) is 14.7. The number of nitrogens with one attached hydrogen (secondary N) is 3. The third kappa shape index (κ3) is 8.94. The second-order valence-corrected chi connectivity index (χ2v) is 10.8. The van der Waals surface area contributed by atoms with E-state index in [0.717, 1.165) is 43.3 Å². The first-order valence-electron chi connectivity index (χ1n) is 13.6. The third-order valence-corrected chi connectivity index (χ3v) is 7.80. The Balaban J connectivity index is 1.35. The summed E-state index contributed by atoms with van der Waals surface area (Å²) in [5.74, 6) is -0.529. The summed E-state index contributed by atoms with van der Waals surface area (Å²) in [7, 11) is 0. The smallest absolute Gasteiger partial charge is 0.355 e. The lowest BCUT2D eigenvalue weighted by Crippen LogP contribution is -2.38. The van der Waals surface area contributed by atoms with Crippen LogP contribution in [0.5, 0.6) is 0 Å². The number of anilines is 2. The van der Waals surface area contributed by atoms with Crippen molar-refractivity contribution in [3.05, 3.63) is 85.9 Å². The Morgan fingerprint density at radius 1 is 1.07 bits per heavy atom. The van der Waals surface area contributed by atoms with Crippen LogP contribution in [-0.2, 0) is 16.1 Å². The van der Waals surface area contributed by atoms with E-state index in [4.69, 9.17) is 0 Å². The zero-order chi connectivity index (χ0) is 30.1. The SMILES string of the molecule is CCn1c(=O)c(=C=CNc2cccc(NC(=O)CN3CCC(c4ccccc4)CC3)c2)s/c1=C\C(=O)NCC(F)(F)F. The van der Waals surface area contributed by atoms with Crippen molar-refractivity contribution in [1.29, 1.82) is 0 Å². The molecule has 0 unspecified atom stereocenters. The topological polar surface area (TPSA) is 95.5 Å². The molecule has 4 rings (SSSR count). The molecule has 2 amide bonds. The molecule has 12 heteroatoms. The first-order chi connectivity index (χ1) is 20.1. The molecular weight excluding hydrogens is 567 g/mol. The molecule has 8 nitrogen and oxygen atoms in total. The number of thiazole rings is 1. The van der Waals surface area contributed by atoms with Crippen molar-refractivity contribution in [2.24, 2.45) is 0 Å². The van der Waals surface area contributed by atoms with Crippen molar-refractivity contribution < 1.29 is 22.8 Å². The van der Waals surface area contributed by atoms with Crippen LogP contribution in [0.25, 0.3) is 11.8 Å². The Bertz CT molecular complexity index is 1600. The van der Waals surface area contributed by atoms with Crippen LogP contribution < -0.4 is 30.7 Å². The van der Waals surface area contributed by atoms with E-state index >= 15 is 0 Å². The van der Waals surface area contributed by atoms with E-state index < -0.39 is 24.2 Å². The first-order valence-corrected chi connectivity index (χ1v) is 14.4. The zero-order valence-electron chi connectivity index (χ0n) is 23.0. The summed E-state index contributed by atoms with van der Waals surface area (Å²) in [5.41, 5.74) is 5.03. The molecule has 42 heavy (non-hydrogen) atoms. The van der Waals surface area contributed by atoms with E-state index in [1.54, 1.807) is 36.5 Å². The molecule has 3 aromatic rings. The monoisotopic (exact) mass is 599 g/mol. The van der Waals surface area contributed by atoms with Gasteiger partial charge in [0.25, 0.3) is 5.56 Å². The molecule has 3 N–H and O–H groups in total. The summed E-state index contributed by atoms with van der Waals surface area (Å²) in [4.78, 5) is 39.4. The molecule has 2 aromatic carbocycles.